The Morgan fingerprint density at radius 3 is 2.54 bits per heavy atom. The van der Waals surface area contributed by atoms with E-state index in [-0.39, 0.29) is 36.5 Å². The smallest absolute Gasteiger partial charge is 0.259 e. The van der Waals surface area contributed by atoms with E-state index in [1.54, 1.807) is 21.1 Å². The number of benzene rings is 1. The molecular formula is C21H37IN4O2. The molecule has 0 heterocycles. The molecule has 1 aromatic rings. The van der Waals surface area contributed by atoms with Crippen LogP contribution in [0.4, 0.5) is 0 Å². The number of carbonyl (C=O) groups excluding carboxylic acids is 1. The average molecular weight is 504 g/mol. The number of amides is 1. The maximum absolute atomic E-state index is 11.6. The molecule has 0 aliphatic rings. The van der Waals surface area contributed by atoms with E-state index in [9.17, 15) is 4.79 Å². The molecule has 1 amide bonds. The molecule has 0 fully saturated rings. The second-order valence-electron chi connectivity index (χ2n) is 8.29. The van der Waals surface area contributed by atoms with Gasteiger partial charge in [0.1, 0.15) is 5.75 Å². The Morgan fingerprint density at radius 2 is 1.96 bits per heavy atom. The lowest BCUT2D eigenvalue weighted by Crippen LogP contribution is -2.42. The number of hydrogen-bond donors (Lipinski definition) is 2. The molecule has 7 heteroatoms. The fourth-order valence-electron chi connectivity index (χ4n) is 2.35. The summed E-state index contributed by atoms with van der Waals surface area (Å²) in [6, 6.07) is 8.08. The molecule has 0 aromatic heterocycles. The van der Waals surface area contributed by atoms with Crippen LogP contribution >= 0.6 is 24.0 Å². The lowest BCUT2D eigenvalue weighted by Gasteiger charge is -2.23. The van der Waals surface area contributed by atoms with Crippen LogP contribution < -0.4 is 15.4 Å². The molecule has 1 rings (SSSR count). The molecule has 0 aliphatic carbocycles. The normalized spacial score (nSPS) is 12.6. The van der Waals surface area contributed by atoms with Crippen molar-refractivity contribution in [2.24, 2.45) is 10.4 Å². The summed E-state index contributed by atoms with van der Waals surface area (Å²) >= 11 is 0. The third kappa shape index (κ3) is 11.4. The van der Waals surface area contributed by atoms with Crippen LogP contribution in [0.5, 0.6) is 5.75 Å². The second kappa shape index (κ2) is 12.9. The van der Waals surface area contributed by atoms with Gasteiger partial charge in [0.25, 0.3) is 5.91 Å². The molecule has 160 valence electrons. The predicted molar refractivity (Wildman–Crippen MR) is 128 cm³/mol. The molecule has 0 saturated carbocycles. The van der Waals surface area contributed by atoms with E-state index in [1.807, 2.05) is 24.3 Å². The first kappa shape index (κ1) is 26.5. The quantitative estimate of drug-likeness (QED) is 0.322. The Labute approximate surface area is 187 Å². The minimum atomic E-state index is -0.0626. The van der Waals surface area contributed by atoms with E-state index in [1.165, 1.54) is 4.90 Å². The highest BCUT2D eigenvalue weighted by atomic mass is 127. The summed E-state index contributed by atoms with van der Waals surface area (Å²) in [5.74, 6) is 1.41. The van der Waals surface area contributed by atoms with E-state index in [0.29, 0.717) is 23.8 Å². The number of nitrogens with zero attached hydrogens (tertiary/aromatic N) is 2. The van der Waals surface area contributed by atoms with Crippen LogP contribution in [0.1, 0.15) is 46.1 Å². The maximum Gasteiger partial charge on any atom is 0.259 e. The van der Waals surface area contributed by atoms with Gasteiger partial charge in [-0.1, -0.05) is 32.9 Å². The molecule has 1 aromatic carbocycles. The first-order valence-corrected chi connectivity index (χ1v) is 9.50. The van der Waals surface area contributed by atoms with Gasteiger partial charge in [-0.3, -0.25) is 9.79 Å². The number of halogens is 1. The monoisotopic (exact) mass is 504 g/mol. The minimum absolute atomic E-state index is 0. The van der Waals surface area contributed by atoms with Crippen LogP contribution in [0, 0.1) is 5.41 Å². The number of carbonyl (C=O) groups is 1. The van der Waals surface area contributed by atoms with Crippen molar-refractivity contribution >= 4 is 35.8 Å². The van der Waals surface area contributed by atoms with Gasteiger partial charge in [-0.25, -0.2) is 0 Å². The average Bonchev–Trinajstić information content (AvgIpc) is 2.61. The van der Waals surface area contributed by atoms with Gasteiger partial charge in [-0.15, -0.1) is 24.0 Å². The van der Waals surface area contributed by atoms with Crippen LogP contribution in [0.2, 0.25) is 0 Å². The number of likely N-dealkylation sites (N-methyl/N-ethyl adjacent to an activating group) is 1. The molecule has 2 N–H and O–H groups in total. The standard InChI is InChI=1S/C21H36N4O2.HI/c1-16(11-12-21(2,3)4)24-20(22-5)23-14-17-9-8-10-18(13-17)27-15-19(26)25(6)7;/h8-10,13,16H,11-12,14-15H2,1-7H3,(H2,22,23,24);1H. The highest BCUT2D eigenvalue weighted by Gasteiger charge is 2.13. The van der Waals surface area contributed by atoms with E-state index in [0.717, 1.165) is 24.4 Å². The zero-order valence-corrected chi connectivity index (χ0v) is 20.7. The summed E-state index contributed by atoms with van der Waals surface area (Å²) < 4.78 is 5.57. The summed E-state index contributed by atoms with van der Waals surface area (Å²) in [7, 11) is 5.21. The summed E-state index contributed by atoms with van der Waals surface area (Å²) in [5, 5.41) is 6.77. The van der Waals surface area contributed by atoms with Gasteiger partial charge in [0.15, 0.2) is 12.6 Å². The van der Waals surface area contributed by atoms with Crippen molar-refractivity contribution < 1.29 is 9.53 Å². The van der Waals surface area contributed by atoms with Crippen LogP contribution in [0.15, 0.2) is 29.3 Å². The van der Waals surface area contributed by atoms with E-state index < -0.39 is 0 Å². The maximum atomic E-state index is 11.6. The SMILES string of the molecule is CN=C(NCc1cccc(OCC(=O)N(C)C)c1)NC(C)CCC(C)(C)C.I. The van der Waals surface area contributed by atoms with E-state index in [2.05, 4.69) is 43.3 Å². The number of nitrogens with one attached hydrogen (secondary N) is 2. The van der Waals surface area contributed by atoms with Crippen molar-refractivity contribution in [1.29, 1.82) is 0 Å². The van der Waals surface area contributed by atoms with Crippen molar-refractivity contribution in [3.63, 3.8) is 0 Å². The molecular weight excluding hydrogens is 467 g/mol. The number of aliphatic imine (C=N–C) groups is 1. The minimum Gasteiger partial charge on any atom is -0.484 e. The summed E-state index contributed by atoms with van der Waals surface area (Å²) in [5.41, 5.74) is 1.40. The van der Waals surface area contributed by atoms with Gasteiger partial charge >= 0.3 is 0 Å². The lowest BCUT2D eigenvalue weighted by molar-refractivity contribution is -0.130. The summed E-state index contributed by atoms with van der Waals surface area (Å²) in [6.45, 7) is 9.62. The third-order valence-electron chi connectivity index (χ3n) is 4.15. The van der Waals surface area contributed by atoms with Gasteiger partial charge in [-0.2, -0.15) is 0 Å². The van der Waals surface area contributed by atoms with E-state index in [4.69, 9.17) is 4.74 Å². The van der Waals surface area contributed by atoms with Crippen LogP contribution in [-0.4, -0.2) is 50.6 Å². The summed E-state index contributed by atoms with van der Waals surface area (Å²) in [6.07, 6.45) is 2.25. The van der Waals surface area contributed by atoms with Gasteiger partial charge in [0.05, 0.1) is 0 Å². The second-order valence-corrected chi connectivity index (χ2v) is 8.29. The van der Waals surface area contributed by atoms with Crippen molar-refractivity contribution in [1.82, 2.24) is 15.5 Å². The first-order valence-electron chi connectivity index (χ1n) is 9.50. The zero-order valence-electron chi connectivity index (χ0n) is 18.3. The Hall–Kier alpha value is -1.51. The van der Waals surface area contributed by atoms with Crippen molar-refractivity contribution in [2.45, 2.75) is 53.1 Å². The summed E-state index contributed by atoms with van der Waals surface area (Å²) in [4.78, 5) is 17.5. The highest BCUT2D eigenvalue weighted by molar-refractivity contribution is 14.0. The number of rotatable bonds is 8. The van der Waals surface area contributed by atoms with Crippen LogP contribution in [0.25, 0.3) is 0 Å². The van der Waals surface area contributed by atoms with Gasteiger partial charge in [0, 0.05) is 33.7 Å². The Balaban J connectivity index is 0.00000729. The lowest BCUT2D eigenvalue weighted by atomic mass is 9.89. The van der Waals surface area contributed by atoms with Crippen LogP contribution in [0.3, 0.4) is 0 Å². The Kier molecular flexibility index (Phi) is 12.2. The van der Waals surface area contributed by atoms with Crippen LogP contribution in [-0.2, 0) is 11.3 Å². The molecule has 0 bridgehead atoms. The molecule has 1 atom stereocenters. The highest BCUT2D eigenvalue weighted by Crippen LogP contribution is 2.21. The molecule has 6 nitrogen and oxygen atoms in total. The largest absolute Gasteiger partial charge is 0.484 e. The van der Waals surface area contributed by atoms with Gasteiger partial charge in [0.2, 0.25) is 0 Å². The Morgan fingerprint density at radius 1 is 1.29 bits per heavy atom. The van der Waals surface area contributed by atoms with Gasteiger partial charge < -0.3 is 20.3 Å². The third-order valence-corrected chi connectivity index (χ3v) is 4.15. The topological polar surface area (TPSA) is 66.0 Å². The zero-order chi connectivity index (χ0) is 20.4. The molecule has 0 saturated heterocycles. The van der Waals surface area contributed by atoms with Gasteiger partial charge in [-0.05, 0) is 42.9 Å². The van der Waals surface area contributed by atoms with Crippen molar-refractivity contribution in [3.05, 3.63) is 29.8 Å². The fourth-order valence-corrected chi connectivity index (χ4v) is 2.35. The molecule has 0 spiro atoms. The van der Waals surface area contributed by atoms with Crippen molar-refractivity contribution in [2.75, 3.05) is 27.7 Å². The number of ether oxygens (including phenoxy) is 1. The molecule has 1 unspecified atom stereocenters. The van der Waals surface area contributed by atoms with E-state index >= 15 is 0 Å². The Bertz CT molecular complexity index is 627. The molecule has 0 radical (unpaired) electrons. The molecule has 0 aliphatic heterocycles. The predicted octanol–water partition coefficient (Wildman–Crippen LogP) is 3.65. The fraction of sp³-hybridized carbons (Fsp3) is 0.619. The number of hydrogen-bond acceptors (Lipinski definition) is 3. The van der Waals surface area contributed by atoms with Crippen molar-refractivity contribution in [3.8, 4) is 5.75 Å². The first-order chi connectivity index (χ1) is 12.6. The molecule has 28 heavy (non-hydrogen) atoms. The number of guanidine groups is 1.